The Labute approximate surface area is 305 Å². The average Bonchev–Trinajstić information content (AvgIpc) is 3.47. The summed E-state index contributed by atoms with van der Waals surface area (Å²) in [6, 6.07) is 12.4. The van der Waals surface area contributed by atoms with Crippen LogP contribution in [-0.4, -0.2) is 52.7 Å². The van der Waals surface area contributed by atoms with Gasteiger partial charge >= 0.3 is 11.7 Å². The zero-order valence-corrected chi connectivity index (χ0v) is 31.8. The highest BCUT2D eigenvalue weighted by molar-refractivity contribution is 6.30. The van der Waals surface area contributed by atoms with E-state index >= 15 is 0 Å². The second kappa shape index (κ2) is 17.8. The third kappa shape index (κ3) is 11.9. The second-order valence-corrected chi connectivity index (χ2v) is 15.3. The van der Waals surface area contributed by atoms with Crippen molar-refractivity contribution in [1.82, 2.24) is 19.9 Å². The molecule has 278 valence electrons. The maximum absolute atomic E-state index is 14.0. The van der Waals surface area contributed by atoms with E-state index in [0.29, 0.717) is 42.0 Å². The first kappa shape index (κ1) is 41.2. The van der Waals surface area contributed by atoms with Crippen LogP contribution in [0, 0.1) is 5.82 Å². The molecule has 0 aliphatic carbocycles. The number of fused-ring (bicyclic) bond motifs is 1. The van der Waals surface area contributed by atoms with Crippen molar-refractivity contribution >= 4 is 34.6 Å². The fraction of sp³-hybridized carbons (Fsp3) is 0.474. The van der Waals surface area contributed by atoms with Gasteiger partial charge in [0.1, 0.15) is 17.5 Å². The molecule has 0 saturated heterocycles. The van der Waals surface area contributed by atoms with Crippen LogP contribution in [0.3, 0.4) is 0 Å². The lowest BCUT2D eigenvalue weighted by Gasteiger charge is -2.21. The summed E-state index contributed by atoms with van der Waals surface area (Å²) in [6.07, 6.45) is 5.29. The molecular formula is C38H54ClFN8O3. The summed E-state index contributed by atoms with van der Waals surface area (Å²) >= 11 is 5.97. The van der Waals surface area contributed by atoms with Crippen LogP contribution in [0.5, 0.6) is 0 Å². The lowest BCUT2D eigenvalue weighted by atomic mass is 9.85. The van der Waals surface area contributed by atoms with Gasteiger partial charge in [0.2, 0.25) is 0 Å². The van der Waals surface area contributed by atoms with Crippen molar-refractivity contribution in [2.75, 3.05) is 20.2 Å². The maximum atomic E-state index is 14.0. The number of nitrogens with zero attached hydrogens (tertiary/aromatic N) is 3. The van der Waals surface area contributed by atoms with Crippen LogP contribution >= 0.6 is 11.6 Å². The van der Waals surface area contributed by atoms with E-state index in [0.717, 1.165) is 35.9 Å². The lowest BCUT2D eigenvalue weighted by molar-refractivity contribution is -0.143. The van der Waals surface area contributed by atoms with Crippen molar-refractivity contribution in [3.8, 4) is 5.69 Å². The molecule has 2 aromatic heterocycles. The van der Waals surface area contributed by atoms with Crippen molar-refractivity contribution in [1.29, 1.82) is 0 Å². The van der Waals surface area contributed by atoms with Crippen molar-refractivity contribution < 1.29 is 13.9 Å². The van der Waals surface area contributed by atoms with Gasteiger partial charge in [-0.15, -0.1) is 0 Å². The Bertz CT molecular complexity index is 1850. The molecule has 0 bridgehead atoms. The molecule has 0 saturated carbocycles. The summed E-state index contributed by atoms with van der Waals surface area (Å²) < 4.78 is 20.4. The van der Waals surface area contributed by atoms with Gasteiger partial charge < -0.3 is 32.2 Å². The number of esters is 1. The molecule has 4 aromatic rings. The number of rotatable bonds is 12. The van der Waals surface area contributed by atoms with Gasteiger partial charge in [0.25, 0.3) is 0 Å². The fourth-order valence-electron chi connectivity index (χ4n) is 5.36. The predicted octanol–water partition coefficient (Wildman–Crippen LogP) is 5.93. The minimum absolute atomic E-state index is 0.0345. The first-order valence-electron chi connectivity index (χ1n) is 17.2. The molecule has 0 radical (unpaired) electrons. The number of guanidine groups is 1. The van der Waals surface area contributed by atoms with Crippen molar-refractivity contribution in [2.24, 2.45) is 22.2 Å². The Hall–Kier alpha value is -4.26. The third-order valence-electron chi connectivity index (χ3n) is 8.26. The minimum Gasteiger partial charge on any atom is -0.468 e. The molecule has 0 fully saturated rings. The zero-order valence-electron chi connectivity index (χ0n) is 31.1. The summed E-state index contributed by atoms with van der Waals surface area (Å²) in [5.74, 6) is -0.667. The quantitative estimate of drug-likeness (QED) is 0.0517. The number of nitrogens with one attached hydrogen (secondary N) is 2. The molecule has 0 spiro atoms. The number of aliphatic imine (C=N–C) groups is 1. The molecule has 13 heteroatoms. The number of carbonyl (C=O) groups excluding carboxylic acids is 1. The predicted molar refractivity (Wildman–Crippen MR) is 205 cm³/mol. The summed E-state index contributed by atoms with van der Waals surface area (Å²) in [7, 11) is 1.34. The number of H-pyrrole nitrogens is 1. The van der Waals surface area contributed by atoms with E-state index in [1.54, 1.807) is 36.5 Å². The van der Waals surface area contributed by atoms with E-state index in [4.69, 9.17) is 33.5 Å². The standard InChI is InChI=1S/C23H31N7O3.C15H23ClFN/c1-23(2,3)17-12-15-13-30(22(32)29-19(15)28-17)16-8-6-14(7-9-16)18(20(31)33-4)26-10-5-11-27-21(24)25;1-10(18)6-5-7-11-8-12(15(2,3)4)14(17)13(16)9-11/h6-9,12-13,18,26H,5,10-11H2,1-4H3,(H4,24,25,27)(H,28,29,32);8-10H,5-7,18H2,1-4H3/t18-;10-/m10/s1. The van der Waals surface area contributed by atoms with E-state index in [-0.39, 0.29) is 39.4 Å². The van der Waals surface area contributed by atoms with Crippen LogP contribution < -0.4 is 28.2 Å². The van der Waals surface area contributed by atoms with E-state index in [9.17, 15) is 14.0 Å². The Balaban J connectivity index is 0.000000330. The minimum atomic E-state index is -0.653. The normalized spacial score (nSPS) is 12.9. The Kier molecular flexibility index (Phi) is 14.4. The number of nitrogens with two attached hydrogens (primary N) is 3. The summed E-state index contributed by atoms with van der Waals surface area (Å²) in [5, 5.41) is 4.23. The Morgan fingerprint density at radius 2 is 1.75 bits per heavy atom. The number of aryl methyl sites for hydroxylation is 1. The van der Waals surface area contributed by atoms with Gasteiger partial charge in [0.05, 0.1) is 17.8 Å². The number of benzene rings is 2. The number of hydrogen-bond acceptors (Lipinski definition) is 7. The van der Waals surface area contributed by atoms with Gasteiger partial charge in [0, 0.05) is 35.3 Å². The number of hydrogen-bond donors (Lipinski definition) is 5. The highest BCUT2D eigenvalue weighted by atomic mass is 35.5. The second-order valence-electron chi connectivity index (χ2n) is 14.9. The van der Waals surface area contributed by atoms with Gasteiger partial charge in [-0.25, -0.2) is 14.0 Å². The first-order valence-corrected chi connectivity index (χ1v) is 17.5. The highest BCUT2D eigenvalue weighted by Crippen LogP contribution is 2.31. The van der Waals surface area contributed by atoms with E-state index < -0.39 is 12.0 Å². The molecule has 8 N–H and O–H groups in total. The molecule has 11 nitrogen and oxygen atoms in total. The summed E-state index contributed by atoms with van der Waals surface area (Å²) in [6.45, 7) is 15.2. The number of ether oxygens (including phenoxy) is 1. The van der Waals surface area contributed by atoms with E-state index in [2.05, 4.69) is 41.0 Å². The topological polar surface area (TPSA) is 179 Å². The largest absolute Gasteiger partial charge is 0.468 e. The maximum Gasteiger partial charge on any atom is 0.354 e. The number of aromatic amines is 1. The van der Waals surface area contributed by atoms with Crippen LogP contribution in [0.15, 0.2) is 58.4 Å². The summed E-state index contributed by atoms with van der Waals surface area (Å²) in [5.41, 5.74) is 20.4. The SMILES string of the molecule is COC(=O)[C@H](NCCCN=C(N)N)c1ccc(-n2cc3cc(C(C)(C)C)[nH]c3nc2=O)cc1.C[C@H](N)CCCc1cc(Cl)c(F)c(C(C)(C)C)c1. The fourth-order valence-corrected chi connectivity index (χ4v) is 5.60. The number of halogens is 2. The van der Waals surface area contributed by atoms with E-state index in [1.807, 2.05) is 39.8 Å². The lowest BCUT2D eigenvalue weighted by Crippen LogP contribution is -2.31. The molecule has 2 atom stereocenters. The van der Waals surface area contributed by atoms with Gasteiger partial charge in [-0.3, -0.25) is 9.56 Å². The number of carbonyl (C=O) groups is 1. The molecule has 0 aliphatic rings. The number of methoxy groups -OCH3 is 1. The third-order valence-corrected chi connectivity index (χ3v) is 8.53. The van der Waals surface area contributed by atoms with Gasteiger partial charge in [-0.05, 0) is 85.5 Å². The molecule has 0 aliphatic heterocycles. The van der Waals surface area contributed by atoms with Crippen molar-refractivity contribution in [2.45, 2.75) is 97.1 Å². The smallest absolute Gasteiger partial charge is 0.354 e. The Morgan fingerprint density at radius 3 is 2.31 bits per heavy atom. The Morgan fingerprint density at radius 1 is 1.08 bits per heavy atom. The summed E-state index contributed by atoms with van der Waals surface area (Å²) in [4.78, 5) is 36.3. The molecule has 2 aromatic carbocycles. The molecular weight excluding hydrogens is 671 g/mol. The van der Waals surface area contributed by atoms with Crippen LogP contribution in [0.2, 0.25) is 5.02 Å². The van der Waals surface area contributed by atoms with Crippen molar-refractivity contribution in [3.63, 3.8) is 0 Å². The molecule has 0 unspecified atom stereocenters. The first-order chi connectivity index (χ1) is 23.8. The molecule has 51 heavy (non-hydrogen) atoms. The molecule has 4 rings (SSSR count). The van der Waals surface area contributed by atoms with Crippen molar-refractivity contribution in [3.05, 3.63) is 92.4 Å². The monoisotopic (exact) mass is 724 g/mol. The zero-order chi connectivity index (χ0) is 38.1. The van der Waals surface area contributed by atoms with Crippen LogP contribution in [0.25, 0.3) is 16.7 Å². The highest BCUT2D eigenvalue weighted by Gasteiger charge is 2.23. The average molecular weight is 725 g/mol. The van der Waals surface area contributed by atoms with E-state index in [1.165, 1.54) is 11.7 Å². The molecule has 0 amide bonds. The van der Waals surface area contributed by atoms with Crippen LogP contribution in [0.4, 0.5) is 4.39 Å². The number of aromatic nitrogens is 3. The van der Waals surface area contributed by atoms with Crippen LogP contribution in [0.1, 0.15) is 96.2 Å². The van der Waals surface area contributed by atoms with Gasteiger partial charge in [-0.2, -0.15) is 4.98 Å². The molecule has 2 heterocycles. The van der Waals surface area contributed by atoms with Crippen LogP contribution in [-0.2, 0) is 26.8 Å². The van der Waals surface area contributed by atoms with Gasteiger partial charge in [0.15, 0.2) is 5.96 Å². The van der Waals surface area contributed by atoms with Gasteiger partial charge in [-0.1, -0.05) is 71.3 Å².